The molecule has 7 rings (SSSR count). The number of carbonyl (C=O) groups is 1. The molecular weight excluding hydrogens is 474 g/mol. The molecule has 0 N–H and O–H groups in total. The summed E-state index contributed by atoms with van der Waals surface area (Å²) in [6.45, 7) is 4.92. The molecule has 2 fully saturated rings. The monoisotopic (exact) mass is 503 g/mol. The number of benzene rings is 3. The van der Waals surface area contributed by atoms with Gasteiger partial charge in [-0.1, -0.05) is 71.4 Å². The summed E-state index contributed by atoms with van der Waals surface area (Å²) < 4.78 is 5.85. The fraction of sp³-hybridized carbons (Fsp3) is 0.290. The highest BCUT2D eigenvalue weighted by atomic mass is 16.5. The van der Waals surface area contributed by atoms with Crippen LogP contribution in [0.25, 0.3) is 33.1 Å². The molecule has 1 aliphatic heterocycles. The third kappa shape index (κ3) is 4.28. The van der Waals surface area contributed by atoms with Gasteiger partial charge in [0.1, 0.15) is 22.7 Å². The summed E-state index contributed by atoms with van der Waals surface area (Å²) >= 11 is 0. The molecule has 2 aromatic heterocycles. The van der Waals surface area contributed by atoms with E-state index in [4.69, 9.17) is 14.5 Å². The molecule has 38 heavy (non-hydrogen) atoms. The van der Waals surface area contributed by atoms with Gasteiger partial charge in [-0.15, -0.1) is 0 Å². The Bertz CT molecular complexity index is 1650. The standard InChI is InChI=1S/C31H29N5O2/c1-20-6-8-21(9-7-20)18-26-32-29(35-14-16-36(17-15-35)31(37)23-11-12-23)27-28(34-38-30(27)33-26)25-13-10-22-4-2-3-5-24(22)19-25/h2-10,13,19,23H,11-12,14-18H2,1H3. The SMILES string of the molecule is Cc1ccc(Cc2nc(N3CCN(C(=O)C4CC4)CC3)c3c(-c4ccc5ccccc5c4)noc3n2)cc1. The van der Waals surface area contributed by atoms with Gasteiger partial charge in [-0.2, -0.15) is 4.98 Å². The Balaban J connectivity index is 1.29. The van der Waals surface area contributed by atoms with E-state index in [0.717, 1.165) is 59.3 Å². The maximum atomic E-state index is 12.7. The first kappa shape index (κ1) is 22.9. The molecule has 1 saturated carbocycles. The van der Waals surface area contributed by atoms with Crippen molar-refractivity contribution in [1.29, 1.82) is 0 Å². The zero-order chi connectivity index (χ0) is 25.6. The molecule has 3 heterocycles. The molecule has 0 spiro atoms. The van der Waals surface area contributed by atoms with Crippen LogP contribution in [0, 0.1) is 12.8 Å². The molecule has 1 saturated heterocycles. The van der Waals surface area contributed by atoms with Crippen LogP contribution < -0.4 is 4.90 Å². The molecule has 7 nitrogen and oxygen atoms in total. The highest BCUT2D eigenvalue weighted by Crippen LogP contribution is 2.36. The fourth-order valence-corrected chi connectivity index (χ4v) is 5.34. The van der Waals surface area contributed by atoms with Crippen molar-refractivity contribution in [3.63, 3.8) is 0 Å². The van der Waals surface area contributed by atoms with Crippen LogP contribution in [0.2, 0.25) is 0 Å². The lowest BCUT2D eigenvalue weighted by molar-refractivity contribution is -0.132. The molecule has 190 valence electrons. The Kier molecular flexibility index (Phi) is 5.57. The first-order valence-corrected chi connectivity index (χ1v) is 13.4. The molecule has 0 bridgehead atoms. The first-order valence-electron chi connectivity index (χ1n) is 13.4. The van der Waals surface area contributed by atoms with E-state index in [1.807, 2.05) is 17.0 Å². The van der Waals surface area contributed by atoms with Crippen LogP contribution in [-0.2, 0) is 11.2 Å². The second-order valence-electron chi connectivity index (χ2n) is 10.5. The number of aromatic nitrogens is 3. The van der Waals surface area contributed by atoms with Crippen LogP contribution in [0.5, 0.6) is 0 Å². The Morgan fingerprint density at radius 1 is 0.921 bits per heavy atom. The number of amides is 1. The highest BCUT2D eigenvalue weighted by Gasteiger charge is 2.35. The van der Waals surface area contributed by atoms with E-state index in [1.165, 1.54) is 10.9 Å². The van der Waals surface area contributed by atoms with Gasteiger partial charge in [-0.3, -0.25) is 4.79 Å². The molecular formula is C31H29N5O2. The Morgan fingerprint density at radius 3 is 2.45 bits per heavy atom. The number of aryl methyl sites for hydroxylation is 1. The number of rotatable bonds is 5. The van der Waals surface area contributed by atoms with Gasteiger partial charge in [0.15, 0.2) is 0 Å². The van der Waals surface area contributed by atoms with E-state index in [2.05, 4.69) is 71.6 Å². The molecule has 1 amide bonds. The van der Waals surface area contributed by atoms with Crippen molar-refractivity contribution in [2.75, 3.05) is 31.1 Å². The van der Waals surface area contributed by atoms with Gasteiger partial charge in [-0.05, 0) is 42.2 Å². The largest absolute Gasteiger partial charge is 0.352 e. The number of fused-ring (bicyclic) bond motifs is 2. The molecule has 0 unspecified atom stereocenters. The average molecular weight is 504 g/mol. The maximum absolute atomic E-state index is 12.7. The fourth-order valence-electron chi connectivity index (χ4n) is 5.34. The third-order valence-electron chi connectivity index (χ3n) is 7.69. The number of piperazine rings is 1. The first-order chi connectivity index (χ1) is 18.6. The molecule has 7 heteroatoms. The zero-order valence-electron chi connectivity index (χ0n) is 21.4. The van der Waals surface area contributed by atoms with Crippen molar-refractivity contribution in [2.24, 2.45) is 5.92 Å². The predicted molar refractivity (Wildman–Crippen MR) is 148 cm³/mol. The second kappa shape index (κ2) is 9.24. The summed E-state index contributed by atoms with van der Waals surface area (Å²) in [6.07, 6.45) is 2.67. The van der Waals surface area contributed by atoms with Crippen LogP contribution in [0.1, 0.15) is 29.8 Å². The highest BCUT2D eigenvalue weighted by molar-refractivity contribution is 6.00. The van der Waals surface area contributed by atoms with E-state index in [1.54, 1.807) is 0 Å². The van der Waals surface area contributed by atoms with Crippen LogP contribution in [0.15, 0.2) is 71.3 Å². The zero-order valence-corrected chi connectivity index (χ0v) is 21.4. The lowest BCUT2D eigenvalue weighted by Crippen LogP contribution is -2.49. The van der Waals surface area contributed by atoms with Gasteiger partial charge < -0.3 is 14.3 Å². The molecule has 0 radical (unpaired) electrons. The van der Waals surface area contributed by atoms with Crippen LogP contribution in [0.4, 0.5) is 5.82 Å². The summed E-state index contributed by atoms with van der Waals surface area (Å²) in [5, 5.41) is 7.65. The van der Waals surface area contributed by atoms with E-state index in [9.17, 15) is 4.79 Å². The van der Waals surface area contributed by atoms with Crippen LogP contribution in [-0.4, -0.2) is 52.1 Å². The predicted octanol–water partition coefficient (Wildman–Crippen LogP) is 5.40. The number of carbonyl (C=O) groups excluding carboxylic acids is 1. The number of hydrogen-bond acceptors (Lipinski definition) is 6. The minimum Gasteiger partial charge on any atom is -0.352 e. The normalized spacial score (nSPS) is 15.9. The summed E-state index contributed by atoms with van der Waals surface area (Å²) in [5.74, 6) is 2.08. The minimum absolute atomic E-state index is 0.242. The van der Waals surface area contributed by atoms with E-state index >= 15 is 0 Å². The second-order valence-corrected chi connectivity index (χ2v) is 10.5. The molecule has 0 atom stereocenters. The van der Waals surface area contributed by atoms with E-state index < -0.39 is 0 Å². The van der Waals surface area contributed by atoms with Crippen LogP contribution in [0.3, 0.4) is 0 Å². The lowest BCUT2D eigenvalue weighted by atomic mass is 10.0. The topological polar surface area (TPSA) is 75.4 Å². The number of anilines is 1. The van der Waals surface area contributed by atoms with Crippen molar-refractivity contribution in [1.82, 2.24) is 20.0 Å². The molecule has 2 aliphatic rings. The van der Waals surface area contributed by atoms with Crippen molar-refractivity contribution in [3.8, 4) is 11.3 Å². The Hall–Kier alpha value is -4.26. The van der Waals surface area contributed by atoms with Gasteiger partial charge in [-0.25, -0.2) is 4.98 Å². The summed E-state index contributed by atoms with van der Waals surface area (Å²) in [4.78, 5) is 26.8. The van der Waals surface area contributed by atoms with Crippen molar-refractivity contribution in [3.05, 3.63) is 83.7 Å². The van der Waals surface area contributed by atoms with Gasteiger partial charge in [0, 0.05) is 44.1 Å². The van der Waals surface area contributed by atoms with Gasteiger partial charge in [0.05, 0.1) is 0 Å². The van der Waals surface area contributed by atoms with Crippen LogP contribution >= 0.6 is 0 Å². The van der Waals surface area contributed by atoms with Gasteiger partial charge in [0.25, 0.3) is 5.71 Å². The van der Waals surface area contributed by atoms with Crippen molar-refractivity contribution < 1.29 is 9.32 Å². The van der Waals surface area contributed by atoms with Gasteiger partial charge in [0.2, 0.25) is 5.91 Å². The quantitative estimate of drug-likeness (QED) is 0.320. The summed E-state index contributed by atoms with van der Waals surface area (Å²) in [6, 6.07) is 23.1. The Labute approximate surface area is 221 Å². The average Bonchev–Trinajstić information content (AvgIpc) is 3.72. The van der Waals surface area contributed by atoms with Crippen molar-refractivity contribution >= 4 is 33.6 Å². The Morgan fingerprint density at radius 2 is 1.68 bits per heavy atom. The number of nitrogens with zero attached hydrogens (tertiary/aromatic N) is 5. The van der Waals surface area contributed by atoms with E-state index in [-0.39, 0.29) is 5.92 Å². The number of hydrogen-bond donors (Lipinski definition) is 0. The molecule has 5 aromatic rings. The lowest BCUT2D eigenvalue weighted by Gasteiger charge is -2.35. The minimum atomic E-state index is 0.242. The van der Waals surface area contributed by atoms with Gasteiger partial charge >= 0.3 is 0 Å². The maximum Gasteiger partial charge on any atom is 0.263 e. The molecule has 1 aliphatic carbocycles. The summed E-state index contributed by atoms with van der Waals surface area (Å²) in [5.41, 5.74) is 4.59. The van der Waals surface area contributed by atoms with E-state index in [0.29, 0.717) is 37.0 Å². The summed E-state index contributed by atoms with van der Waals surface area (Å²) in [7, 11) is 0. The third-order valence-corrected chi connectivity index (χ3v) is 7.69. The van der Waals surface area contributed by atoms with Crippen molar-refractivity contribution in [2.45, 2.75) is 26.2 Å². The smallest absolute Gasteiger partial charge is 0.263 e. The molecule has 3 aromatic carbocycles.